The molecule has 98 valence electrons. The second kappa shape index (κ2) is 5.29. The maximum atomic E-state index is 11.8. The largest absolute Gasteiger partial charge is 0.495 e. The summed E-state index contributed by atoms with van der Waals surface area (Å²) < 4.78 is 5.30. The van der Waals surface area contributed by atoms with Gasteiger partial charge in [0, 0.05) is 0 Å². The maximum absolute atomic E-state index is 11.8. The molecule has 18 heavy (non-hydrogen) atoms. The third-order valence-corrected chi connectivity index (χ3v) is 3.66. The third kappa shape index (κ3) is 2.42. The van der Waals surface area contributed by atoms with Crippen LogP contribution in [0, 0.1) is 0 Å². The number of nitrogens with two attached hydrogens (primary N) is 1. The fourth-order valence-electron chi connectivity index (χ4n) is 2.59. The molecule has 1 aliphatic carbocycles. The number of hydrogen-bond acceptors (Lipinski definition) is 3. The zero-order valence-electron chi connectivity index (χ0n) is 10.7. The van der Waals surface area contributed by atoms with E-state index in [2.05, 4.69) is 5.32 Å². The molecular formula is C14H20N2O2. The van der Waals surface area contributed by atoms with Crippen molar-refractivity contribution >= 4 is 11.6 Å². The summed E-state index contributed by atoms with van der Waals surface area (Å²) in [5.74, 6) is 0.469. The molecule has 3 N–H and O–H groups in total. The first-order valence-electron chi connectivity index (χ1n) is 6.39. The summed E-state index contributed by atoms with van der Waals surface area (Å²) in [5, 5.41) is 3.31. The molecule has 1 fully saturated rings. The van der Waals surface area contributed by atoms with Gasteiger partial charge in [-0.05, 0) is 25.0 Å². The molecule has 1 aromatic rings. The lowest BCUT2D eigenvalue weighted by Gasteiger charge is -2.36. The molecule has 0 radical (unpaired) electrons. The van der Waals surface area contributed by atoms with Gasteiger partial charge in [0.05, 0.1) is 12.8 Å². The lowest BCUT2D eigenvalue weighted by molar-refractivity contribution is -0.123. The topological polar surface area (TPSA) is 64.3 Å². The molecule has 1 aliphatic rings. The van der Waals surface area contributed by atoms with Gasteiger partial charge in [0.1, 0.15) is 11.3 Å². The normalized spacial score (nSPS) is 18.1. The van der Waals surface area contributed by atoms with Crippen LogP contribution in [-0.2, 0) is 4.79 Å². The molecule has 1 saturated carbocycles. The van der Waals surface area contributed by atoms with Crippen molar-refractivity contribution in [2.75, 3.05) is 12.4 Å². The first-order chi connectivity index (χ1) is 8.68. The van der Waals surface area contributed by atoms with Gasteiger partial charge in [0.25, 0.3) is 0 Å². The van der Waals surface area contributed by atoms with E-state index in [9.17, 15) is 4.79 Å². The highest BCUT2D eigenvalue weighted by Gasteiger charge is 2.38. The van der Waals surface area contributed by atoms with E-state index in [0.717, 1.165) is 37.1 Å². The summed E-state index contributed by atoms with van der Waals surface area (Å²) in [7, 11) is 1.62. The highest BCUT2D eigenvalue weighted by atomic mass is 16.5. The Morgan fingerprint density at radius 2 is 1.94 bits per heavy atom. The first-order valence-corrected chi connectivity index (χ1v) is 6.39. The molecule has 0 aromatic heterocycles. The van der Waals surface area contributed by atoms with Gasteiger partial charge < -0.3 is 15.8 Å². The number of methoxy groups -OCH3 is 1. The fraction of sp³-hybridized carbons (Fsp3) is 0.500. The molecule has 1 aromatic carbocycles. The van der Waals surface area contributed by atoms with Crippen molar-refractivity contribution in [1.82, 2.24) is 0 Å². The van der Waals surface area contributed by atoms with Crippen LogP contribution in [0.3, 0.4) is 0 Å². The Balaban J connectivity index is 2.26. The van der Waals surface area contributed by atoms with Gasteiger partial charge in [-0.3, -0.25) is 4.79 Å². The van der Waals surface area contributed by atoms with Gasteiger partial charge in [-0.2, -0.15) is 0 Å². The number of rotatable bonds is 4. The van der Waals surface area contributed by atoms with Gasteiger partial charge in [-0.25, -0.2) is 0 Å². The number of benzene rings is 1. The molecule has 0 heterocycles. The van der Waals surface area contributed by atoms with Crippen LogP contribution < -0.4 is 15.8 Å². The zero-order valence-corrected chi connectivity index (χ0v) is 10.7. The summed E-state index contributed by atoms with van der Waals surface area (Å²) in [6, 6.07) is 7.61. The van der Waals surface area contributed by atoms with Crippen molar-refractivity contribution in [3.8, 4) is 5.75 Å². The zero-order chi connectivity index (χ0) is 13.0. The average molecular weight is 248 g/mol. The lowest BCUT2D eigenvalue weighted by atomic mass is 9.81. The second-order valence-electron chi connectivity index (χ2n) is 4.83. The summed E-state index contributed by atoms with van der Waals surface area (Å²) in [4.78, 5) is 11.8. The fourth-order valence-corrected chi connectivity index (χ4v) is 2.59. The Hall–Kier alpha value is -1.71. The van der Waals surface area contributed by atoms with Crippen molar-refractivity contribution in [2.24, 2.45) is 5.73 Å². The molecule has 2 rings (SSSR count). The van der Waals surface area contributed by atoms with Gasteiger partial charge in [0.15, 0.2) is 0 Å². The third-order valence-electron chi connectivity index (χ3n) is 3.66. The molecule has 0 bridgehead atoms. The van der Waals surface area contributed by atoms with E-state index < -0.39 is 5.54 Å². The lowest BCUT2D eigenvalue weighted by Crippen LogP contribution is -2.51. The van der Waals surface area contributed by atoms with Crippen LogP contribution in [0.25, 0.3) is 0 Å². The molecule has 1 amide bonds. The number of amides is 1. The minimum atomic E-state index is -0.618. The summed E-state index contributed by atoms with van der Waals surface area (Å²) in [5.41, 5.74) is 5.82. The van der Waals surface area contributed by atoms with E-state index >= 15 is 0 Å². The molecule has 0 spiro atoms. The number of anilines is 1. The minimum absolute atomic E-state index is 0.270. The van der Waals surface area contributed by atoms with Crippen LogP contribution in [0.1, 0.15) is 32.1 Å². The summed E-state index contributed by atoms with van der Waals surface area (Å²) in [6.45, 7) is 0. The van der Waals surface area contributed by atoms with E-state index in [4.69, 9.17) is 10.5 Å². The van der Waals surface area contributed by atoms with Crippen molar-refractivity contribution in [3.63, 3.8) is 0 Å². The van der Waals surface area contributed by atoms with Crippen LogP contribution in [0.4, 0.5) is 5.69 Å². The second-order valence-corrected chi connectivity index (χ2v) is 4.83. The molecular weight excluding hydrogens is 228 g/mol. The van der Waals surface area contributed by atoms with Gasteiger partial charge in [0.2, 0.25) is 5.91 Å². The molecule has 0 aliphatic heterocycles. The standard InChI is InChI=1S/C14H20N2O2/c1-18-12-8-4-3-7-11(12)16-14(13(15)17)9-5-2-6-10-14/h3-4,7-8,16H,2,5-6,9-10H2,1H3,(H2,15,17). The summed E-state index contributed by atoms with van der Waals surface area (Å²) in [6.07, 6.45) is 4.82. The highest BCUT2D eigenvalue weighted by molar-refractivity contribution is 5.88. The van der Waals surface area contributed by atoms with Crippen LogP contribution in [0.15, 0.2) is 24.3 Å². The van der Waals surface area contributed by atoms with Crippen LogP contribution in [0.2, 0.25) is 0 Å². The van der Waals surface area contributed by atoms with Crippen LogP contribution in [0.5, 0.6) is 5.75 Å². The SMILES string of the molecule is COc1ccccc1NC1(C(N)=O)CCCCC1. The number of carbonyl (C=O) groups is 1. The predicted molar refractivity (Wildman–Crippen MR) is 71.6 cm³/mol. The molecule has 0 atom stereocenters. The number of para-hydroxylation sites is 2. The van der Waals surface area contributed by atoms with Crippen molar-refractivity contribution in [3.05, 3.63) is 24.3 Å². The number of hydrogen-bond donors (Lipinski definition) is 2. The number of carbonyl (C=O) groups excluding carboxylic acids is 1. The average Bonchev–Trinajstić information content (AvgIpc) is 2.40. The number of nitrogens with one attached hydrogen (secondary N) is 1. The Morgan fingerprint density at radius 3 is 2.56 bits per heavy atom. The molecule has 0 unspecified atom stereocenters. The first kappa shape index (κ1) is 12.7. The summed E-state index contributed by atoms with van der Waals surface area (Å²) >= 11 is 0. The Morgan fingerprint density at radius 1 is 1.28 bits per heavy atom. The molecule has 4 heteroatoms. The quantitative estimate of drug-likeness (QED) is 0.859. The predicted octanol–water partition coefficient (Wildman–Crippen LogP) is 2.30. The number of primary amides is 1. The number of ether oxygens (including phenoxy) is 1. The van der Waals surface area contributed by atoms with Crippen molar-refractivity contribution in [2.45, 2.75) is 37.6 Å². The highest BCUT2D eigenvalue weighted by Crippen LogP contribution is 2.34. The van der Waals surface area contributed by atoms with Crippen molar-refractivity contribution < 1.29 is 9.53 Å². The van der Waals surface area contributed by atoms with E-state index in [1.165, 1.54) is 6.42 Å². The smallest absolute Gasteiger partial charge is 0.243 e. The van der Waals surface area contributed by atoms with E-state index in [-0.39, 0.29) is 5.91 Å². The van der Waals surface area contributed by atoms with E-state index in [1.807, 2.05) is 24.3 Å². The molecule has 0 saturated heterocycles. The maximum Gasteiger partial charge on any atom is 0.243 e. The van der Waals surface area contributed by atoms with Gasteiger partial charge >= 0.3 is 0 Å². The van der Waals surface area contributed by atoms with Gasteiger partial charge in [-0.15, -0.1) is 0 Å². The van der Waals surface area contributed by atoms with Crippen LogP contribution >= 0.6 is 0 Å². The van der Waals surface area contributed by atoms with Crippen LogP contribution in [-0.4, -0.2) is 18.6 Å². The monoisotopic (exact) mass is 248 g/mol. The Bertz CT molecular complexity index is 426. The Labute approximate surface area is 108 Å². The van der Waals surface area contributed by atoms with E-state index in [1.54, 1.807) is 7.11 Å². The molecule has 4 nitrogen and oxygen atoms in total. The van der Waals surface area contributed by atoms with E-state index in [0.29, 0.717) is 0 Å². The Kier molecular flexibility index (Phi) is 3.75. The van der Waals surface area contributed by atoms with Gasteiger partial charge in [-0.1, -0.05) is 31.4 Å². The van der Waals surface area contributed by atoms with Crippen molar-refractivity contribution in [1.29, 1.82) is 0 Å². The minimum Gasteiger partial charge on any atom is -0.495 e.